The summed E-state index contributed by atoms with van der Waals surface area (Å²) in [5.74, 6) is 0. The van der Waals surface area contributed by atoms with Gasteiger partial charge in [-0.05, 0) is 17.9 Å². The quantitative estimate of drug-likeness (QED) is 0.872. The average Bonchev–Trinajstić information content (AvgIpc) is 2.85. The minimum absolute atomic E-state index is 0.136. The Morgan fingerprint density at radius 2 is 2.24 bits per heavy atom. The molecular weight excluding hydrogens is 288 g/mol. The number of carbonyl (C=O) groups is 1. The lowest BCUT2D eigenvalue weighted by Crippen LogP contribution is -2.40. The van der Waals surface area contributed by atoms with Gasteiger partial charge in [0.2, 0.25) is 0 Å². The molecule has 0 fully saturated rings. The van der Waals surface area contributed by atoms with Crippen molar-refractivity contribution in [3.63, 3.8) is 0 Å². The summed E-state index contributed by atoms with van der Waals surface area (Å²) in [5, 5.41) is 11.1. The molecule has 7 heteroatoms. The van der Waals surface area contributed by atoms with Gasteiger partial charge in [-0.15, -0.1) is 11.3 Å². The lowest BCUT2D eigenvalue weighted by molar-refractivity contribution is 0.205. The van der Waals surface area contributed by atoms with E-state index in [1.54, 1.807) is 29.4 Å². The van der Waals surface area contributed by atoms with E-state index in [2.05, 4.69) is 10.4 Å². The molecule has 2 aromatic rings. The highest BCUT2D eigenvalue weighted by Gasteiger charge is 2.23. The molecular formula is C14H16N4O2S. The monoisotopic (exact) mass is 304 g/mol. The first kappa shape index (κ1) is 13.8. The highest BCUT2D eigenvalue weighted by Crippen LogP contribution is 2.21. The minimum atomic E-state index is -0.148. The van der Waals surface area contributed by atoms with E-state index < -0.39 is 0 Å². The SMILES string of the molecule is Cc1cscc1NC(=O)N1CCc2nn(C)c(=O)cc2C1. The molecule has 0 spiro atoms. The van der Waals surface area contributed by atoms with Crippen LogP contribution in [0.25, 0.3) is 0 Å². The van der Waals surface area contributed by atoms with Crippen molar-refractivity contribution < 1.29 is 4.79 Å². The van der Waals surface area contributed by atoms with Gasteiger partial charge in [0.05, 0.1) is 11.4 Å². The Morgan fingerprint density at radius 3 is 2.95 bits per heavy atom. The molecule has 0 saturated carbocycles. The summed E-state index contributed by atoms with van der Waals surface area (Å²) in [5.41, 5.74) is 3.48. The number of nitrogens with one attached hydrogen (secondary N) is 1. The number of fused-ring (bicyclic) bond motifs is 1. The predicted octanol–water partition coefficient (Wildman–Crippen LogP) is 1.74. The fraction of sp³-hybridized carbons (Fsp3) is 0.357. The van der Waals surface area contributed by atoms with E-state index in [0.717, 1.165) is 22.5 Å². The second-order valence-electron chi connectivity index (χ2n) is 5.15. The summed E-state index contributed by atoms with van der Waals surface area (Å²) in [4.78, 5) is 25.7. The van der Waals surface area contributed by atoms with Crippen LogP contribution in [0.3, 0.4) is 0 Å². The summed E-state index contributed by atoms with van der Waals surface area (Å²) in [6.07, 6.45) is 0.666. The Hall–Kier alpha value is -2.15. The van der Waals surface area contributed by atoms with E-state index >= 15 is 0 Å². The van der Waals surface area contributed by atoms with E-state index in [-0.39, 0.29) is 11.6 Å². The number of hydrogen-bond acceptors (Lipinski definition) is 4. The molecule has 21 heavy (non-hydrogen) atoms. The number of rotatable bonds is 1. The molecule has 0 atom stereocenters. The van der Waals surface area contributed by atoms with Crippen LogP contribution in [0.2, 0.25) is 0 Å². The average molecular weight is 304 g/mol. The van der Waals surface area contributed by atoms with Crippen molar-refractivity contribution in [1.29, 1.82) is 0 Å². The maximum atomic E-state index is 12.3. The molecule has 0 unspecified atom stereocenters. The van der Waals surface area contributed by atoms with Crippen LogP contribution in [0.5, 0.6) is 0 Å². The lowest BCUT2D eigenvalue weighted by atomic mass is 10.1. The van der Waals surface area contributed by atoms with Crippen molar-refractivity contribution in [3.8, 4) is 0 Å². The van der Waals surface area contributed by atoms with Crippen LogP contribution in [0.1, 0.15) is 16.8 Å². The molecule has 2 amide bonds. The molecule has 3 rings (SSSR count). The number of amides is 2. The van der Waals surface area contributed by atoms with Crippen LogP contribution in [0, 0.1) is 6.92 Å². The fourth-order valence-electron chi connectivity index (χ4n) is 2.35. The highest BCUT2D eigenvalue weighted by molar-refractivity contribution is 7.08. The van der Waals surface area contributed by atoms with Crippen molar-refractivity contribution in [3.05, 3.63) is 44.0 Å². The predicted molar refractivity (Wildman–Crippen MR) is 81.7 cm³/mol. The Bertz CT molecular complexity index is 750. The summed E-state index contributed by atoms with van der Waals surface area (Å²) in [6.45, 7) is 2.99. The van der Waals surface area contributed by atoms with Crippen LogP contribution in [0.4, 0.5) is 10.5 Å². The van der Waals surface area contributed by atoms with Gasteiger partial charge < -0.3 is 10.2 Å². The second kappa shape index (κ2) is 5.33. The van der Waals surface area contributed by atoms with Gasteiger partial charge in [0, 0.05) is 43.6 Å². The maximum Gasteiger partial charge on any atom is 0.322 e. The van der Waals surface area contributed by atoms with Crippen molar-refractivity contribution >= 4 is 23.1 Å². The second-order valence-corrected chi connectivity index (χ2v) is 5.89. The zero-order valence-corrected chi connectivity index (χ0v) is 12.7. The third-order valence-corrected chi connectivity index (χ3v) is 4.48. The summed E-state index contributed by atoms with van der Waals surface area (Å²) < 4.78 is 1.34. The number of aromatic nitrogens is 2. The first-order valence-corrected chi connectivity index (χ1v) is 7.63. The number of nitrogens with zero attached hydrogens (tertiary/aromatic N) is 3. The topological polar surface area (TPSA) is 67.2 Å². The number of anilines is 1. The van der Waals surface area contributed by atoms with Crippen molar-refractivity contribution in [2.75, 3.05) is 11.9 Å². The normalized spacial score (nSPS) is 13.9. The number of carbonyl (C=O) groups excluding carboxylic acids is 1. The molecule has 1 N–H and O–H groups in total. The molecule has 0 aliphatic carbocycles. The number of hydrogen-bond donors (Lipinski definition) is 1. The van der Waals surface area contributed by atoms with Crippen molar-refractivity contribution in [1.82, 2.24) is 14.7 Å². The summed E-state index contributed by atoms with van der Waals surface area (Å²) in [7, 11) is 1.64. The lowest BCUT2D eigenvalue weighted by Gasteiger charge is -2.28. The molecule has 3 heterocycles. The van der Waals surface area contributed by atoms with Gasteiger partial charge in [0.15, 0.2) is 0 Å². The van der Waals surface area contributed by atoms with E-state index in [0.29, 0.717) is 19.5 Å². The molecule has 6 nitrogen and oxygen atoms in total. The van der Waals surface area contributed by atoms with E-state index in [4.69, 9.17) is 0 Å². The standard InChI is InChI=1S/C14H16N4O2S/c1-9-7-21-8-12(9)15-14(20)18-4-3-11-10(6-18)5-13(19)17(2)16-11/h5,7-8H,3-4,6H2,1-2H3,(H,15,20). The van der Waals surface area contributed by atoms with Crippen LogP contribution in [0.15, 0.2) is 21.6 Å². The molecule has 0 radical (unpaired) electrons. The Labute approximate surface area is 126 Å². The molecule has 0 bridgehead atoms. The summed E-state index contributed by atoms with van der Waals surface area (Å²) in [6, 6.07) is 1.43. The minimum Gasteiger partial charge on any atom is -0.320 e. The molecule has 0 saturated heterocycles. The summed E-state index contributed by atoms with van der Waals surface area (Å²) >= 11 is 1.56. The molecule has 1 aliphatic heterocycles. The molecule has 2 aromatic heterocycles. The smallest absolute Gasteiger partial charge is 0.320 e. The highest BCUT2D eigenvalue weighted by atomic mass is 32.1. The third kappa shape index (κ3) is 2.69. The van der Waals surface area contributed by atoms with E-state index in [9.17, 15) is 9.59 Å². The molecule has 110 valence electrons. The van der Waals surface area contributed by atoms with Gasteiger partial charge in [0.25, 0.3) is 5.56 Å². The maximum absolute atomic E-state index is 12.3. The van der Waals surface area contributed by atoms with Crippen LogP contribution < -0.4 is 10.9 Å². The first-order valence-electron chi connectivity index (χ1n) is 6.69. The Kier molecular flexibility index (Phi) is 3.50. The van der Waals surface area contributed by atoms with Crippen molar-refractivity contribution in [2.45, 2.75) is 19.9 Å². The van der Waals surface area contributed by atoms with Gasteiger partial charge in [-0.3, -0.25) is 4.79 Å². The van der Waals surface area contributed by atoms with Crippen LogP contribution >= 0.6 is 11.3 Å². The van der Waals surface area contributed by atoms with Gasteiger partial charge >= 0.3 is 6.03 Å². The molecule has 1 aliphatic rings. The Balaban J connectivity index is 1.77. The first-order chi connectivity index (χ1) is 10.0. The van der Waals surface area contributed by atoms with Crippen LogP contribution in [-0.2, 0) is 20.0 Å². The van der Waals surface area contributed by atoms with Crippen LogP contribution in [-0.4, -0.2) is 27.3 Å². The van der Waals surface area contributed by atoms with Gasteiger partial charge in [-0.2, -0.15) is 5.10 Å². The largest absolute Gasteiger partial charge is 0.322 e. The third-order valence-electron chi connectivity index (χ3n) is 3.62. The zero-order valence-electron chi connectivity index (χ0n) is 11.9. The number of aryl methyl sites for hydroxylation is 2. The Morgan fingerprint density at radius 1 is 1.43 bits per heavy atom. The van der Waals surface area contributed by atoms with Crippen molar-refractivity contribution in [2.24, 2.45) is 7.05 Å². The molecule has 0 aromatic carbocycles. The fourth-order valence-corrected chi connectivity index (χ4v) is 3.13. The zero-order chi connectivity index (χ0) is 15.0. The van der Waals surface area contributed by atoms with E-state index in [1.807, 2.05) is 17.7 Å². The number of urea groups is 1. The van der Waals surface area contributed by atoms with Gasteiger partial charge in [-0.1, -0.05) is 0 Å². The number of thiophene rings is 1. The van der Waals surface area contributed by atoms with E-state index in [1.165, 1.54) is 4.68 Å². The van der Waals surface area contributed by atoms with Gasteiger partial charge in [-0.25, -0.2) is 9.48 Å². The van der Waals surface area contributed by atoms with Gasteiger partial charge in [0.1, 0.15) is 0 Å².